The molecule has 0 saturated heterocycles. The van der Waals surface area contributed by atoms with Crippen LogP contribution in [0, 0.1) is 5.92 Å². The van der Waals surface area contributed by atoms with E-state index in [4.69, 9.17) is 5.73 Å². The van der Waals surface area contributed by atoms with Crippen molar-refractivity contribution in [2.24, 2.45) is 11.7 Å². The Kier molecular flexibility index (Phi) is 5.47. The Morgan fingerprint density at radius 2 is 1.94 bits per heavy atom. The molecule has 0 heterocycles. The maximum Gasteiger partial charge on any atom is 0.135 e. The summed E-state index contributed by atoms with van der Waals surface area (Å²) < 4.78 is 0. The summed E-state index contributed by atoms with van der Waals surface area (Å²) in [4.78, 5) is 11.9. The zero-order valence-corrected chi connectivity index (χ0v) is 10.9. The van der Waals surface area contributed by atoms with Gasteiger partial charge in [0.25, 0.3) is 0 Å². The summed E-state index contributed by atoms with van der Waals surface area (Å²) in [5.41, 5.74) is 6.12. The largest absolute Gasteiger partial charge is 0.325 e. The molecule has 1 unspecified atom stereocenters. The Labute approximate surface area is 100.0 Å². The van der Waals surface area contributed by atoms with Gasteiger partial charge in [-0.3, -0.25) is 4.79 Å². The predicted octanol–water partition coefficient (Wildman–Crippen LogP) is 3.43. The van der Waals surface area contributed by atoms with Crippen LogP contribution in [0.3, 0.4) is 0 Å². The van der Waals surface area contributed by atoms with Gasteiger partial charge >= 0.3 is 0 Å². The van der Waals surface area contributed by atoms with Gasteiger partial charge < -0.3 is 5.73 Å². The average Bonchev–Trinajstić information content (AvgIpc) is 2.17. The quantitative estimate of drug-likeness (QED) is 0.752. The molecular weight excluding hydrogens is 198 g/mol. The van der Waals surface area contributed by atoms with E-state index in [0.717, 1.165) is 25.7 Å². The Balaban J connectivity index is 2.32. The molecule has 1 aliphatic carbocycles. The molecule has 1 atom stereocenters. The van der Waals surface area contributed by atoms with Gasteiger partial charge in [0, 0.05) is 18.4 Å². The fourth-order valence-corrected chi connectivity index (χ4v) is 2.88. The summed E-state index contributed by atoms with van der Waals surface area (Å²) in [6.45, 7) is 4.35. The van der Waals surface area contributed by atoms with Crippen molar-refractivity contribution in [3.8, 4) is 0 Å². The fourth-order valence-electron chi connectivity index (χ4n) is 2.88. The second-order valence-electron chi connectivity index (χ2n) is 5.74. The molecular formula is C14H27NO. The van der Waals surface area contributed by atoms with Crippen molar-refractivity contribution in [3.63, 3.8) is 0 Å². The molecule has 1 rings (SSSR count). The first kappa shape index (κ1) is 13.7. The van der Waals surface area contributed by atoms with Crippen LogP contribution in [0.5, 0.6) is 0 Å². The van der Waals surface area contributed by atoms with E-state index >= 15 is 0 Å². The van der Waals surface area contributed by atoms with E-state index in [1.165, 1.54) is 25.7 Å². The molecule has 0 aromatic heterocycles. The minimum atomic E-state index is -0.165. The lowest BCUT2D eigenvalue weighted by molar-refractivity contribution is -0.121. The molecule has 2 N–H and O–H groups in total. The van der Waals surface area contributed by atoms with Crippen LogP contribution in [0.1, 0.15) is 71.6 Å². The van der Waals surface area contributed by atoms with Gasteiger partial charge in [-0.2, -0.15) is 0 Å². The highest BCUT2D eigenvalue weighted by Gasteiger charge is 2.29. The van der Waals surface area contributed by atoms with Gasteiger partial charge in [0.15, 0.2) is 0 Å². The van der Waals surface area contributed by atoms with Crippen LogP contribution in [0.15, 0.2) is 0 Å². The average molecular weight is 225 g/mol. The van der Waals surface area contributed by atoms with E-state index < -0.39 is 0 Å². The highest BCUT2D eigenvalue weighted by Crippen LogP contribution is 2.29. The molecule has 0 bridgehead atoms. The van der Waals surface area contributed by atoms with E-state index in [9.17, 15) is 4.79 Å². The molecule has 16 heavy (non-hydrogen) atoms. The minimum absolute atomic E-state index is 0.165. The first-order valence-corrected chi connectivity index (χ1v) is 6.86. The third kappa shape index (κ3) is 4.65. The third-order valence-corrected chi connectivity index (χ3v) is 3.76. The smallest absolute Gasteiger partial charge is 0.135 e. The number of carbonyl (C=O) groups excluding carboxylic acids is 1. The summed E-state index contributed by atoms with van der Waals surface area (Å²) in [5, 5.41) is 0. The molecule has 2 nitrogen and oxygen atoms in total. The van der Waals surface area contributed by atoms with Crippen LogP contribution in [-0.4, -0.2) is 11.3 Å². The van der Waals surface area contributed by atoms with Crippen molar-refractivity contribution in [1.29, 1.82) is 0 Å². The van der Waals surface area contributed by atoms with Gasteiger partial charge in [-0.1, -0.05) is 46.0 Å². The van der Waals surface area contributed by atoms with Crippen molar-refractivity contribution in [1.82, 2.24) is 0 Å². The van der Waals surface area contributed by atoms with Crippen LogP contribution in [-0.2, 0) is 4.79 Å². The van der Waals surface area contributed by atoms with Crippen LogP contribution in [0.2, 0.25) is 0 Å². The van der Waals surface area contributed by atoms with E-state index in [2.05, 4.69) is 13.8 Å². The number of hydrogen-bond acceptors (Lipinski definition) is 2. The molecule has 1 aliphatic rings. The predicted molar refractivity (Wildman–Crippen MR) is 68.3 cm³/mol. The second kappa shape index (κ2) is 6.39. The van der Waals surface area contributed by atoms with E-state index in [-0.39, 0.29) is 5.54 Å². The highest BCUT2D eigenvalue weighted by molar-refractivity contribution is 5.79. The van der Waals surface area contributed by atoms with E-state index in [1.807, 2.05) is 0 Å². The zero-order chi connectivity index (χ0) is 12.0. The molecule has 1 saturated carbocycles. The number of rotatable bonds is 6. The lowest BCUT2D eigenvalue weighted by Crippen LogP contribution is -2.43. The molecule has 0 aromatic rings. The van der Waals surface area contributed by atoms with E-state index in [0.29, 0.717) is 18.1 Å². The number of Topliss-reactive ketones (excluding diaryl/α,β-unsaturated/α-hetero) is 1. The molecule has 0 radical (unpaired) electrons. The van der Waals surface area contributed by atoms with Gasteiger partial charge in [0.1, 0.15) is 5.78 Å². The lowest BCUT2D eigenvalue weighted by Gasteiger charge is -2.33. The summed E-state index contributed by atoms with van der Waals surface area (Å²) in [6, 6.07) is 0. The molecule has 2 heteroatoms. The fraction of sp³-hybridized carbons (Fsp3) is 0.929. The number of carbonyl (C=O) groups is 1. The molecule has 1 fully saturated rings. The molecule has 94 valence electrons. The summed E-state index contributed by atoms with van der Waals surface area (Å²) >= 11 is 0. The van der Waals surface area contributed by atoms with Crippen LogP contribution < -0.4 is 5.73 Å². The summed E-state index contributed by atoms with van der Waals surface area (Å²) in [5.74, 6) is 0.912. The monoisotopic (exact) mass is 225 g/mol. The van der Waals surface area contributed by atoms with Crippen LogP contribution in [0.4, 0.5) is 0 Å². The minimum Gasteiger partial charge on any atom is -0.325 e. The first-order chi connectivity index (χ1) is 7.56. The van der Waals surface area contributed by atoms with Gasteiger partial charge in [0.05, 0.1) is 0 Å². The molecule has 0 spiro atoms. The first-order valence-electron chi connectivity index (χ1n) is 6.86. The summed E-state index contributed by atoms with van der Waals surface area (Å²) in [6.07, 6.45) is 9.45. The number of nitrogens with two attached hydrogens (primary N) is 1. The summed E-state index contributed by atoms with van der Waals surface area (Å²) in [7, 11) is 0. The highest BCUT2D eigenvalue weighted by atomic mass is 16.1. The number of hydrogen-bond donors (Lipinski definition) is 1. The second-order valence-corrected chi connectivity index (χ2v) is 5.74. The standard InChI is InChI=1S/C14H27NO/c1-3-7-12(2)10-13(16)11-14(15)8-5-4-6-9-14/h12H,3-11,15H2,1-2H3. The van der Waals surface area contributed by atoms with Crippen molar-refractivity contribution >= 4 is 5.78 Å². The molecule has 0 amide bonds. The Morgan fingerprint density at radius 1 is 1.31 bits per heavy atom. The molecule has 0 aromatic carbocycles. The Bertz CT molecular complexity index is 219. The normalized spacial score (nSPS) is 21.7. The maximum absolute atomic E-state index is 11.9. The van der Waals surface area contributed by atoms with Gasteiger partial charge in [-0.25, -0.2) is 0 Å². The van der Waals surface area contributed by atoms with Crippen LogP contribution in [0.25, 0.3) is 0 Å². The van der Waals surface area contributed by atoms with Crippen molar-refractivity contribution in [2.75, 3.05) is 0 Å². The zero-order valence-electron chi connectivity index (χ0n) is 10.9. The maximum atomic E-state index is 11.9. The Morgan fingerprint density at radius 3 is 2.50 bits per heavy atom. The van der Waals surface area contributed by atoms with Gasteiger partial charge in [-0.05, 0) is 18.8 Å². The molecule has 0 aliphatic heterocycles. The third-order valence-electron chi connectivity index (χ3n) is 3.76. The topological polar surface area (TPSA) is 43.1 Å². The van der Waals surface area contributed by atoms with Crippen molar-refractivity contribution in [2.45, 2.75) is 77.2 Å². The van der Waals surface area contributed by atoms with Gasteiger partial charge in [-0.15, -0.1) is 0 Å². The van der Waals surface area contributed by atoms with Crippen molar-refractivity contribution < 1.29 is 4.79 Å². The van der Waals surface area contributed by atoms with Crippen LogP contribution >= 0.6 is 0 Å². The van der Waals surface area contributed by atoms with Crippen molar-refractivity contribution in [3.05, 3.63) is 0 Å². The lowest BCUT2D eigenvalue weighted by atomic mass is 9.78. The number of ketones is 1. The van der Waals surface area contributed by atoms with Gasteiger partial charge in [0.2, 0.25) is 0 Å². The van der Waals surface area contributed by atoms with E-state index in [1.54, 1.807) is 0 Å². The SMILES string of the molecule is CCCC(C)CC(=O)CC1(N)CCCCC1. The Hall–Kier alpha value is -0.370.